The fraction of sp³-hybridized carbons (Fsp3) is 0.222. The van der Waals surface area contributed by atoms with Crippen molar-refractivity contribution in [1.82, 2.24) is 26.6 Å². The number of fused-ring (bicyclic) bond motifs is 1. The first-order valence-corrected chi connectivity index (χ1v) is 8.32. The van der Waals surface area contributed by atoms with E-state index in [9.17, 15) is 0 Å². The van der Waals surface area contributed by atoms with E-state index >= 15 is 0 Å². The zero-order valence-corrected chi connectivity index (χ0v) is 14.6. The van der Waals surface area contributed by atoms with E-state index in [1.54, 1.807) is 0 Å². The highest BCUT2D eigenvalue weighted by Gasteiger charge is 2.15. The molecule has 26 heavy (non-hydrogen) atoms. The standard InChI is InChI=1S/C18H20N6O2.H2/c1-24(2)8-9-25-14-5-3-4-12(10-14)17-15-11-13(18-19-22-23-20-18)6-7-16(15)21-26-17;/h3-7,10-11,22-23H,8-9H2,1-2H3,(H,19,20);1H. The van der Waals surface area contributed by atoms with E-state index in [4.69, 9.17) is 9.26 Å². The van der Waals surface area contributed by atoms with Crippen molar-refractivity contribution in [3.63, 3.8) is 0 Å². The lowest BCUT2D eigenvalue weighted by Crippen LogP contribution is -2.35. The van der Waals surface area contributed by atoms with Gasteiger partial charge in [-0.25, -0.2) is 5.53 Å². The molecule has 1 aliphatic heterocycles. The Morgan fingerprint density at radius 1 is 1.15 bits per heavy atom. The highest BCUT2D eigenvalue weighted by atomic mass is 16.5. The molecule has 8 heteroatoms. The maximum Gasteiger partial charge on any atom is 0.174 e. The molecule has 2 heterocycles. The van der Waals surface area contributed by atoms with Gasteiger partial charge in [0.25, 0.3) is 0 Å². The summed E-state index contributed by atoms with van der Waals surface area (Å²) >= 11 is 0. The van der Waals surface area contributed by atoms with E-state index in [1.165, 1.54) is 0 Å². The summed E-state index contributed by atoms with van der Waals surface area (Å²) in [4.78, 5) is 2.08. The van der Waals surface area contributed by atoms with Crippen LogP contribution in [0.5, 0.6) is 5.75 Å². The van der Waals surface area contributed by atoms with Gasteiger partial charge in [0.05, 0.1) is 5.39 Å². The van der Waals surface area contributed by atoms with Crippen LogP contribution in [0.3, 0.4) is 0 Å². The van der Waals surface area contributed by atoms with E-state index in [2.05, 4.69) is 31.7 Å². The first kappa shape index (κ1) is 16.4. The molecule has 0 atom stereocenters. The summed E-state index contributed by atoms with van der Waals surface area (Å²) in [6, 6.07) is 13.7. The van der Waals surface area contributed by atoms with Crippen LogP contribution in [-0.2, 0) is 0 Å². The Balaban J connectivity index is 0.00000210. The molecule has 1 aromatic heterocycles. The third kappa shape index (κ3) is 3.32. The van der Waals surface area contributed by atoms with Crippen molar-refractivity contribution in [2.45, 2.75) is 0 Å². The van der Waals surface area contributed by atoms with Crippen molar-refractivity contribution in [3.8, 4) is 17.1 Å². The van der Waals surface area contributed by atoms with Crippen molar-refractivity contribution in [2.75, 3.05) is 27.2 Å². The number of hydrazine groups is 2. The van der Waals surface area contributed by atoms with Crippen molar-refractivity contribution in [1.29, 1.82) is 0 Å². The predicted molar refractivity (Wildman–Crippen MR) is 102 cm³/mol. The topological polar surface area (TPSA) is 87.0 Å². The molecule has 0 unspecified atom stereocenters. The zero-order chi connectivity index (χ0) is 17.9. The number of rotatable bonds is 6. The van der Waals surface area contributed by atoms with Gasteiger partial charge in [0.15, 0.2) is 11.6 Å². The van der Waals surface area contributed by atoms with Crippen LogP contribution in [0, 0.1) is 0 Å². The molecule has 0 saturated heterocycles. The largest absolute Gasteiger partial charge is 0.492 e. The highest BCUT2D eigenvalue weighted by Crippen LogP contribution is 2.31. The molecule has 0 aliphatic carbocycles. The third-order valence-electron chi connectivity index (χ3n) is 4.06. The first-order valence-electron chi connectivity index (χ1n) is 8.32. The minimum Gasteiger partial charge on any atom is -0.492 e. The van der Waals surface area contributed by atoms with Gasteiger partial charge in [0.1, 0.15) is 17.9 Å². The van der Waals surface area contributed by atoms with Crippen molar-refractivity contribution < 1.29 is 10.7 Å². The van der Waals surface area contributed by atoms with Crippen molar-refractivity contribution in [2.24, 2.45) is 5.10 Å². The summed E-state index contributed by atoms with van der Waals surface area (Å²) in [5, 5.41) is 9.22. The number of nitrogens with one attached hydrogen (secondary N) is 3. The lowest BCUT2D eigenvalue weighted by Gasteiger charge is -2.11. The van der Waals surface area contributed by atoms with Crippen LogP contribution in [0.25, 0.3) is 22.2 Å². The Morgan fingerprint density at radius 3 is 2.88 bits per heavy atom. The summed E-state index contributed by atoms with van der Waals surface area (Å²) < 4.78 is 11.4. The second kappa shape index (κ2) is 7.03. The predicted octanol–water partition coefficient (Wildman–Crippen LogP) is 1.96. The van der Waals surface area contributed by atoms with Crippen LogP contribution in [0.15, 0.2) is 52.1 Å². The molecule has 0 radical (unpaired) electrons. The second-order valence-corrected chi connectivity index (χ2v) is 6.25. The minimum absolute atomic E-state index is 0. The van der Waals surface area contributed by atoms with E-state index in [0.29, 0.717) is 18.2 Å². The SMILES string of the molecule is CN(C)CCOc1cccc(-c2onc3ccc(C4=NNNN4)cc23)c1.[HH]. The summed E-state index contributed by atoms with van der Waals surface area (Å²) in [5.74, 6) is 2.22. The molecule has 0 amide bonds. The van der Waals surface area contributed by atoms with E-state index in [-0.39, 0.29) is 1.43 Å². The van der Waals surface area contributed by atoms with Gasteiger partial charge in [-0.2, -0.15) is 0 Å². The smallest absolute Gasteiger partial charge is 0.174 e. The van der Waals surface area contributed by atoms with E-state index in [0.717, 1.165) is 34.3 Å². The van der Waals surface area contributed by atoms with Crippen molar-refractivity contribution in [3.05, 3.63) is 48.0 Å². The van der Waals surface area contributed by atoms with Gasteiger partial charge >= 0.3 is 0 Å². The number of amidine groups is 1. The molecular weight excluding hydrogens is 332 g/mol. The summed E-state index contributed by atoms with van der Waals surface area (Å²) in [6.07, 6.45) is 0. The molecule has 3 N–H and O–H groups in total. The molecule has 0 spiro atoms. The Morgan fingerprint density at radius 2 is 2.08 bits per heavy atom. The fourth-order valence-electron chi connectivity index (χ4n) is 2.71. The molecule has 3 aromatic rings. The van der Waals surface area contributed by atoms with E-state index in [1.807, 2.05) is 56.6 Å². The maximum absolute atomic E-state index is 5.82. The number of hydrazone groups is 1. The molecule has 0 saturated carbocycles. The normalized spacial score (nSPS) is 13.6. The number of nitrogens with zero attached hydrogens (tertiary/aromatic N) is 3. The van der Waals surface area contributed by atoms with Crippen LogP contribution in [-0.4, -0.2) is 43.1 Å². The fourth-order valence-corrected chi connectivity index (χ4v) is 2.71. The Hall–Kier alpha value is -3.10. The number of aromatic nitrogens is 1. The molecule has 4 rings (SSSR count). The number of hydrogen-bond donors (Lipinski definition) is 3. The first-order chi connectivity index (χ1) is 12.7. The Kier molecular flexibility index (Phi) is 4.42. The van der Waals surface area contributed by atoms with Crippen LogP contribution >= 0.6 is 0 Å². The van der Waals surface area contributed by atoms with Crippen molar-refractivity contribution >= 4 is 16.7 Å². The quantitative estimate of drug-likeness (QED) is 0.624. The van der Waals surface area contributed by atoms with Gasteiger partial charge in [0.2, 0.25) is 0 Å². The van der Waals surface area contributed by atoms with Gasteiger partial charge in [-0.1, -0.05) is 17.3 Å². The molecule has 1 aliphatic rings. The Bertz CT molecular complexity index is 956. The van der Waals surface area contributed by atoms with Gasteiger partial charge < -0.3 is 14.2 Å². The lowest BCUT2D eigenvalue weighted by molar-refractivity contribution is 0.261. The van der Waals surface area contributed by atoms with Gasteiger partial charge in [-0.3, -0.25) is 5.43 Å². The molecule has 2 aromatic carbocycles. The molecular formula is C18H22N6O2. The minimum atomic E-state index is 0. The monoisotopic (exact) mass is 354 g/mol. The number of benzene rings is 2. The second-order valence-electron chi connectivity index (χ2n) is 6.25. The number of ether oxygens (including phenoxy) is 1. The highest BCUT2D eigenvalue weighted by molar-refractivity contribution is 6.03. The van der Waals surface area contributed by atoms with Crippen LogP contribution in [0.1, 0.15) is 6.99 Å². The van der Waals surface area contributed by atoms with Gasteiger partial charge in [-0.05, 0) is 44.4 Å². The molecule has 136 valence electrons. The summed E-state index contributed by atoms with van der Waals surface area (Å²) in [5.41, 5.74) is 11.0. The molecule has 0 bridgehead atoms. The Labute approximate surface area is 152 Å². The average Bonchev–Trinajstić information content (AvgIpc) is 3.31. The molecule has 0 fully saturated rings. The van der Waals surface area contributed by atoms with Gasteiger partial charge in [0, 0.05) is 19.1 Å². The van der Waals surface area contributed by atoms with Gasteiger partial charge in [-0.15, -0.1) is 10.6 Å². The average molecular weight is 354 g/mol. The van der Waals surface area contributed by atoms with Crippen LogP contribution in [0.2, 0.25) is 0 Å². The third-order valence-corrected chi connectivity index (χ3v) is 4.06. The summed E-state index contributed by atoms with van der Waals surface area (Å²) in [7, 11) is 4.04. The molecule has 8 nitrogen and oxygen atoms in total. The van der Waals surface area contributed by atoms with E-state index < -0.39 is 0 Å². The van der Waals surface area contributed by atoms with Crippen LogP contribution in [0.4, 0.5) is 0 Å². The number of hydrogen-bond acceptors (Lipinski definition) is 8. The zero-order valence-electron chi connectivity index (χ0n) is 14.6. The lowest BCUT2D eigenvalue weighted by atomic mass is 10.1. The van der Waals surface area contributed by atoms with Crippen LogP contribution < -0.4 is 21.2 Å². The number of likely N-dealkylation sites (N-methyl/N-ethyl adjacent to an activating group) is 1. The maximum atomic E-state index is 5.82. The summed E-state index contributed by atoms with van der Waals surface area (Å²) in [6.45, 7) is 1.49.